The van der Waals surface area contributed by atoms with Crippen LogP contribution >= 0.6 is 34.2 Å². The topological polar surface area (TPSA) is 72.0 Å². The molecule has 0 aliphatic carbocycles. The lowest BCUT2D eigenvalue weighted by Gasteiger charge is -2.06. The Hall–Kier alpha value is -0.930. The molecule has 0 amide bonds. The van der Waals surface area contributed by atoms with E-state index in [2.05, 4.69) is 37.3 Å². The minimum absolute atomic E-state index is 0.0546. The fourth-order valence-electron chi connectivity index (χ4n) is 1.18. The van der Waals surface area contributed by atoms with E-state index in [0.29, 0.717) is 0 Å². The number of sulfonamides is 1. The summed E-state index contributed by atoms with van der Waals surface area (Å²) in [5.74, 6) is -0.0546. The number of hydrogen-bond donors (Lipinski definition) is 1. The smallest absolute Gasteiger partial charge is 0.247 e. The van der Waals surface area contributed by atoms with E-state index in [1.807, 2.05) is 0 Å². The Bertz CT molecular complexity index is 661. The fourth-order valence-corrected chi connectivity index (χ4v) is 2.63. The summed E-state index contributed by atoms with van der Waals surface area (Å²) in [6.07, 6.45) is 1.38. The summed E-state index contributed by atoms with van der Waals surface area (Å²) in [6, 6.07) is 7.88. The number of aromatic nitrogens is 2. The van der Waals surface area contributed by atoms with Gasteiger partial charge in [-0.3, -0.25) is 0 Å². The lowest BCUT2D eigenvalue weighted by Crippen LogP contribution is -2.14. The van der Waals surface area contributed by atoms with Crippen molar-refractivity contribution in [1.82, 2.24) is 9.97 Å². The van der Waals surface area contributed by atoms with Crippen molar-refractivity contribution in [2.24, 2.45) is 0 Å². The molecule has 0 radical (unpaired) electrons. The first-order valence-electron chi connectivity index (χ1n) is 4.74. The van der Waals surface area contributed by atoms with Gasteiger partial charge in [0.1, 0.15) is 5.15 Å². The number of benzene rings is 1. The summed E-state index contributed by atoms with van der Waals surface area (Å²) in [7, 11) is -3.68. The molecule has 0 aliphatic heterocycles. The molecule has 94 valence electrons. The van der Waals surface area contributed by atoms with Crippen molar-refractivity contribution >= 4 is 50.2 Å². The minimum atomic E-state index is -3.68. The Kier molecular flexibility index (Phi) is 4.03. The molecule has 0 spiro atoms. The molecule has 0 fully saturated rings. The second-order valence-electron chi connectivity index (χ2n) is 3.26. The van der Waals surface area contributed by atoms with E-state index in [9.17, 15) is 8.42 Å². The van der Waals surface area contributed by atoms with E-state index in [0.717, 1.165) is 3.57 Å². The highest BCUT2D eigenvalue weighted by molar-refractivity contribution is 14.1. The van der Waals surface area contributed by atoms with Crippen LogP contribution in [0.5, 0.6) is 0 Å². The van der Waals surface area contributed by atoms with Crippen molar-refractivity contribution in [2.75, 3.05) is 4.72 Å². The number of nitrogens with zero attached hydrogens (tertiary/aromatic N) is 2. The van der Waals surface area contributed by atoms with Gasteiger partial charge in [0, 0.05) is 9.77 Å². The average molecular weight is 396 g/mol. The number of rotatable bonds is 3. The molecule has 0 atom stereocenters. The first-order valence-corrected chi connectivity index (χ1v) is 7.68. The van der Waals surface area contributed by atoms with Crippen LogP contribution in [0, 0.1) is 3.57 Å². The van der Waals surface area contributed by atoms with Crippen LogP contribution in [0.3, 0.4) is 0 Å². The molecule has 2 aromatic rings. The quantitative estimate of drug-likeness (QED) is 0.640. The molecule has 18 heavy (non-hydrogen) atoms. The lowest BCUT2D eigenvalue weighted by molar-refractivity contribution is 0.601. The molecule has 0 unspecified atom stereocenters. The van der Waals surface area contributed by atoms with Gasteiger partial charge in [-0.25, -0.2) is 23.1 Å². The van der Waals surface area contributed by atoms with Crippen molar-refractivity contribution in [2.45, 2.75) is 4.90 Å². The van der Waals surface area contributed by atoms with Crippen LogP contribution < -0.4 is 4.72 Å². The SMILES string of the molecule is O=S(=O)(Nc1nccc(Cl)n1)c1ccc(I)cc1. The Morgan fingerprint density at radius 2 is 1.83 bits per heavy atom. The highest BCUT2D eigenvalue weighted by Crippen LogP contribution is 2.15. The molecule has 0 saturated carbocycles. The molecule has 5 nitrogen and oxygen atoms in total. The zero-order chi connectivity index (χ0) is 13.2. The van der Waals surface area contributed by atoms with Gasteiger partial charge in [-0.1, -0.05) is 11.6 Å². The highest BCUT2D eigenvalue weighted by Gasteiger charge is 2.15. The van der Waals surface area contributed by atoms with Gasteiger partial charge in [0.15, 0.2) is 0 Å². The Morgan fingerprint density at radius 1 is 1.17 bits per heavy atom. The predicted molar refractivity (Wildman–Crippen MR) is 77.0 cm³/mol. The molecular formula is C10H7ClIN3O2S. The molecular weight excluding hydrogens is 389 g/mol. The summed E-state index contributed by atoms with van der Waals surface area (Å²) in [5, 5.41) is 0.172. The normalized spacial score (nSPS) is 11.2. The van der Waals surface area contributed by atoms with Gasteiger partial charge in [-0.15, -0.1) is 0 Å². The number of nitrogens with one attached hydrogen (secondary N) is 1. The third kappa shape index (κ3) is 3.30. The standard InChI is InChI=1S/C10H7ClIN3O2S/c11-9-5-6-13-10(14-9)15-18(16,17)8-3-1-7(12)2-4-8/h1-6H,(H,13,14,15). The van der Waals surface area contributed by atoms with E-state index in [1.54, 1.807) is 12.1 Å². The Labute approximate surface area is 123 Å². The lowest BCUT2D eigenvalue weighted by atomic mass is 10.4. The zero-order valence-electron chi connectivity index (χ0n) is 8.84. The van der Waals surface area contributed by atoms with Gasteiger partial charge >= 0.3 is 0 Å². The van der Waals surface area contributed by atoms with Crippen molar-refractivity contribution in [3.63, 3.8) is 0 Å². The summed E-state index contributed by atoms with van der Waals surface area (Å²) in [5.41, 5.74) is 0. The molecule has 1 heterocycles. The Morgan fingerprint density at radius 3 is 2.44 bits per heavy atom. The summed E-state index contributed by atoms with van der Waals surface area (Å²) < 4.78 is 27.2. The van der Waals surface area contributed by atoms with Crippen molar-refractivity contribution in [1.29, 1.82) is 0 Å². The van der Waals surface area contributed by atoms with Gasteiger partial charge < -0.3 is 0 Å². The van der Waals surface area contributed by atoms with Crippen LogP contribution in [0.1, 0.15) is 0 Å². The summed E-state index contributed by atoms with van der Waals surface area (Å²) >= 11 is 7.75. The van der Waals surface area contributed by atoms with Gasteiger partial charge in [-0.05, 0) is 52.9 Å². The molecule has 1 N–H and O–H groups in total. The second-order valence-corrected chi connectivity index (χ2v) is 6.58. The van der Waals surface area contributed by atoms with E-state index in [-0.39, 0.29) is 16.0 Å². The maximum absolute atomic E-state index is 12.0. The van der Waals surface area contributed by atoms with Crippen molar-refractivity contribution in [3.05, 3.63) is 45.3 Å². The average Bonchev–Trinajstić information content (AvgIpc) is 2.29. The predicted octanol–water partition coefficient (Wildman–Crippen LogP) is 2.54. The summed E-state index contributed by atoms with van der Waals surface area (Å²) in [4.78, 5) is 7.69. The largest absolute Gasteiger partial charge is 0.264 e. The van der Waals surface area contributed by atoms with Crippen LogP contribution in [-0.2, 0) is 10.0 Å². The van der Waals surface area contributed by atoms with Crippen molar-refractivity contribution in [3.8, 4) is 0 Å². The van der Waals surface area contributed by atoms with E-state index >= 15 is 0 Å². The fraction of sp³-hybridized carbons (Fsp3) is 0. The van der Waals surface area contributed by atoms with Crippen LogP contribution in [-0.4, -0.2) is 18.4 Å². The molecule has 0 aliphatic rings. The second kappa shape index (κ2) is 5.37. The number of hydrogen-bond acceptors (Lipinski definition) is 4. The maximum atomic E-state index is 12.0. The number of anilines is 1. The van der Waals surface area contributed by atoms with Gasteiger partial charge in [0.25, 0.3) is 10.0 Å². The molecule has 8 heteroatoms. The maximum Gasteiger partial charge on any atom is 0.264 e. The highest BCUT2D eigenvalue weighted by atomic mass is 127. The summed E-state index contributed by atoms with van der Waals surface area (Å²) in [6.45, 7) is 0. The zero-order valence-corrected chi connectivity index (χ0v) is 12.6. The van der Waals surface area contributed by atoms with Crippen LogP contribution in [0.2, 0.25) is 5.15 Å². The van der Waals surface area contributed by atoms with Gasteiger partial charge in [0.05, 0.1) is 4.90 Å². The van der Waals surface area contributed by atoms with E-state index in [4.69, 9.17) is 11.6 Å². The van der Waals surface area contributed by atoms with E-state index < -0.39 is 10.0 Å². The Balaban J connectivity index is 2.30. The van der Waals surface area contributed by atoms with E-state index in [1.165, 1.54) is 24.4 Å². The third-order valence-electron chi connectivity index (χ3n) is 1.97. The minimum Gasteiger partial charge on any atom is -0.247 e. The monoisotopic (exact) mass is 395 g/mol. The van der Waals surface area contributed by atoms with Crippen LogP contribution in [0.4, 0.5) is 5.95 Å². The van der Waals surface area contributed by atoms with Gasteiger partial charge in [0.2, 0.25) is 5.95 Å². The molecule has 1 aromatic heterocycles. The molecule has 0 bridgehead atoms. The number of halogens is 2. The van der Waals surface area contributed by atoms with Crippen molar-refractivity contribution < 1.29 is 8.42 Å². The molecule has 2 rings (SSSR count). The van der Waals surface area contributed by atoms with Gasteiger partial charge in [-0.2, -0.15) is 0 Å². The molecule has 1 aromatic carbocycles. The first-order chi connectivity index (χ1) is 8.47. The molecule has 0 saturated heterocycles. The third-order valence-corrected chi connectivity index (χ3v) is 4.24. The van der Waals surface area contributed by atoms with Crippen LogP contribution in [0.15, 0.2) is 41.4 Å². The first kappa shape index (κ1) is 13.5. The van der Waals surface area contributed by atoms with Crippen LogP contribution in [0.25, 0.3) is 0 Å².